The number of hydrogen-bond acceptors (Lipinski definition) is 1. The lowest BCUT2D eigenvalue weighted by molar-refractivity contribution is 0.199. The predicted octanol–water partition coefficient (Wildman–Crippen LogP) is 6.69. The summed E-state index contributed by atoms with van der Waals surface area (Å²) in [6.07, 6.45) is 2.13. The van der Waals surface area contributed by atoms with E-state index in [1.807, 2.05) is 72.5 Å². The van der Waals surface area contributed by atoms with E-state index in [0.29, 0.717) is 6.54 Å². The van der Waals surface area contributed by atoms with Gasteiger partial charge in [-0.1, -0.05) is 90.5 Å². The van der Waals surface area contributed by atoms with E-state index in [0.717, 1.165) is 28.0 Å². The number of benzene rings is 3. The van der Waals surface area contributed by atoms with Crippen molar-refractivity contribution in [2.75, 3.05) is 11.9 Å². The summed E-state index contributed by atoms with van der Waals surface area (Å²) in [5, 5.41) is 3.09. The van der Waals surface area contributed by atoms with E-state index < -0.39 is 0 Å². The van der Waals surface area contributed by atoms with Gasteiger partial charge in [-0.05, 0) is 43.5 Å². The quantitative estimate of drug-likeness (QED) is 0.504. The van der Waals surface area contributed by atoms with E-state index in [1.165, 1.54) is 0 Å². The molecular formula is C26H28N2O. The van der Waals surface area contributed by atoms with Crippen LogP contribution in [0.15, 0.2) is 90.5 Å². The molecule has 1 N–H and O–H groups in total. The zero-order valence-corrected chi connectivity index (χ0v) is 17.3. The largest absolute Gasteiger partial charge is 0.322 e. The number of hydrogen-bond donors (Lipinski definition) is 1. The second kappa shape index (κ2) is 9.74. The van der Waals surface area contributed by atoms with Crippen molar-refractivity contribution in [3.8, 4) is 0 Å². The highest BCUT2D eigenvalue weighted by Crippen LogP contribution is 2.24. The fraction of sp³-hybridized carbons (Fsp3) is 0.192. The first-order chi connectivity index (χ1) is 14.0. The minimum absolute atomic E-state index is 0.0562. The maximum atomic E-state index is 13.3. The van der Waals surface area contributed by atoms with Gasteiger partial charge in [-0.2, -0.15) is 0 Å². The smallest absolute Gasteiger partial charge is 0.314 e. The molecule has 29 heavy (non-hydrogen) atoms. The van der Waals surface area contributed by atoms with Gasteiger partial charge < -0.3 is 10.2 Å². The fourth-order valence-corrected chi connectivity index (χ4v) is 3.34. The number of aryl methyl sites for hydroxylation is 1. The third kappa shape index (κ3) is 5.58. The molecule has 3 aromatic carbocycles. The monoisotopic (exact) mass is 384 g/mol. The summed E-state index contributed by atoms with van der Waals surface area (Å²) in [4.78, 5) is 15.1. The molecule has 3 aromatic rings. The van der Waals surface area contributed by atoms with Gasteiger partial charge >= 0.3 is 6.03 Å². The first-order valence-electron chi connectivity index (χ1n) is 9.95. The Morgan fingerprint density at radius 2 is 1.52 bits per heavy atom. The first kappa shape index (κ1) is 20.4. The fourth-order valence-electron chi connectivity index (χ4n) is 3.34. The van der Waals surface area contributed by atoms with Gasteiger partial charge in [-0.25, -0.2) is 4.79 Å². The summed E-state index contributed by atoms with van der Waals surface area (Å²) < 4.78 is 0. The summed E-state index contributed by atoms with van der Waals surface area (Å²) in [5.74, 6) is 0. The van der Waals surface area contributed by atoms with Crippen molar-refractivity contribution >= 4 is 17.8 Å². The molecule has 0 bridgehead atoms. The van der Waals surface area contributed by atoms with Gasteiger partial charge in [0.05, 0.1) is 6.04 Å². The molecule has 3 rings (SSSR count). The third-order valence-electron chi connectivity index (χ3n) is 5.03. The predicted molar refractivity (Wildman–Crippen MR) is 122 cm³/mol. The maximum Gasteiger partial charge on any atom is 0.322 e. The van der Waals surface area contributed by atoms with Gasteiger partial charge in [0.1, 0.15) is 0 Å². The Morgan fingerprint density at radius 1 is 0.931 bits per heavy atom. The van der Waals surface area contributed by atoms with Crippen LogP contribution in [-0.4, -0.2) is 17.5 Å². The third-order valence-corrected chi connectivity index (χ3v) is 5.03. The molecule has 0 aliphatic rings. The molecule has 0 saturated heterocycles. The van der Waals surface area contributed by atoms with Gasteiger partial charge in [-0.3, -0.25) is 0 Å². The first-order valence-corrected chi connectivity index (χ1v) is 9.95. The van der Waals surface area contributed by atoms with E-state index >= 15 is 0 Å². The van der Waals surface area contributed by atoms with E-state index in [9.17, 15) is 4.79 Å². The van der Waals surface area contributed by atoms with Crippen molar-refractivity contribution in [1.82, 2.24) is 4.90 Å². The molecule has 0 aliphatic carbocycles. The molecule has 3 heteroatoms. The molecule has 1 atom stereocenters. The number of rotatable bonds is 6. The molecule has 0 heterocycles. The number of urea groups is 1. The maximum absolute atomic E-state index is 13.3. The van der Waals surface area contributed by atoms with Crippen LogP contribution >= 0.6 is 0 Å². The van der Waals surface area contributed by atoms with Gasteiger partial charge in [0.25, 0.3) is 0 Å². The van der Waals surface area contributed by atoms with Crippen LogP contribution in [0.2, 0.25) is 0 Å². The second-order valence-electron chi connectivity index (χ2n) is 7.36. The van der Waals surface area contributed by atoms with Crippen LogP contribution in [0.4, 0.5) is 10.5 Å². The molecule has 1 unspecified atom stereocenters. The average Bonchev–Trinajstić information content (AvgIpc) is 2.74. The molecule has 0 aromatic heterocycles. The van der Waals surface area contributed by atoms with E-state index in [-0.39, 0.29) is 12.1 Å². The number of para-hydroxylation sites is 1. The lowest BCUT2D eigenvalue weighted by atomic mass is 10.1. The Morgan fingerprint density at radius 3 is 2.17 bits per heavy atom. The van der Waals surface area contributed by atoms with E-state index in [4.69, 9.17) is 0 Å². The number of amides is 2. The highest BCUT2D eigenvalue weighted by Gasteiger charge is 2.22. The minimum Gasteiger partial charge on any atom is -0.314 e. The summed E-state index contributed by atoms with van der Waals surface area (Å²) in [6, 6.07) is 28.0. The molecule has 0 fully saturated rings. The number of carbonyl (C=O) groups excluding carboxylic acids is 1. The highest BCUT2D eigenvalue weighted by molar-refractivity contribution is 5.90. The van der Waals surface area contributed by atoms with Gasteiger partial charge in [0, 0.05) is 12.2 Å². The lowest BCUT2D eigenvalue weighted by Crippen LogP contribution is -2.38. The molecule has 148 valence electrons. The number of carbonyl (C=O) groups is 1. The normalized spacial score (nSPS) is 12.3. The van der Waals surface area contributed by atoms with Crippen LogP contribution in [-0.2, 0) is 0 Å². The van der Waals surface area contributed by atoms with Crippen LogP contribution < -0.4 is 5.32 Å². The van der Waals surface area contributed by atoms with Crippen LogP contribution in [0.5, 0.6) is 0 Å². The molecule has 2 amide bonds. The van der Waals surface area contributed by atoms with Gasteiger partial charge in [-0.15, -0.1) is 0 Å². The Bertz CT molecular complexity index is 964. The minimum atomic E-state index is -0.100. The van der Waals surface area contributed by atoms with Crippen molar-refractivity contribution in [3.05, 3.63) is 107 Å². The topological polar surface area (TPSA) is 32.3 Å². The van der Waals surface area contributed by atoms with Crippen molar-refractivity contribution < 1.29 is 4.79 Å². The molecule has 0 spiro atoms. The second-order valence-corrected chi connectivity index (χ2v) is 7.36. The van der Waals surface area contributed by atoms with E-state index in [1.54, 1.807) is 0 Å². The van der Waals surface area contributed by atoms with Crippen LogP contribution in [0, 0.1) is 6.92 Å². The van der Waals surface area contributed by atoms with Crippen molar-refractivity contribution in [2.45, 2.75) is 26.8 Å². The van der Waals surface area contributed by atoms with Crippen LogP contribution in [0.3, 0.4) is 0 Å². The zero-order chi connectivity index (χ0) is 20.6. The van der Waals surface area contributed by atoms with Crippen molar-refractivity contribution in [3.63, 3.8) is 0 Å². The molecule has 0 radical (unpaired) electrons. The summed E-state index contributed by atoms with van der Waals surface area (Å²) in [6.45, 7) is 6.69. The standard InChI is InChI=1S/C26H28N2O/c1-20(18-23-13-6-4-7-14-23)19-28(22(3)24-15-8-5-9-16-24)26(29)27-25-17-11-10-12-21(25)2/h4-18,22H,19H2,1-3H3,(H,27,29)/b20-18+. The summed E-state index contributed by atoms with van der Waals surface area (Å²) in [5.41, 5.74) is 5.26. The van der Waals surface area contributed by atoms with Gasteiger partial charge in [0.15, 0.2) is 0 Å². The number of anilines is 1. The van der Waals surface area contributed by atoms with E-state index in [2.05, 4.69) is 49.5 Å². The zero-order valence-electron chi connectivity index (χ0n) is 17.3. The molecule has 0 aliphatic heterocycles. The molecule has 3 nitrogen and oxygen atoms in total. The number of nitrogens with zero attached hydrogens (tertiary/aromatic N) is 1. The van der Waals surface area contributed by atoms with Crippen molar-refractivity contribution in [1.29, 1.82) is 0 Å². The Kier molecular flexibility index (Phi) is 6.85. The lowest BCUT2D eigenvalue weighted by Gasteiger charge is -2.30. The van der Waals surface area contributed by atoms with Crippen LogP contribution in [0.1, 0.15) is 36.6 Å². The van der Waals surface area contributed by atoms with Crippen molar-refractivity contribution in [2.24, 2.45) is 0 Å². The summed E-state index contributed by atoms with van der Waals surface area (Å²) >= 11 is 0. The Balaban J connectivity index is 1.86. The average molecular weight is 385 g/mol. The SMILES string of the molecule is C/C(=C\c1ccccc1)CN(C(=O)Nc1ccccc1C)C(C)c1ccccc1. The Hall–Kier alpha value is -3.33. The molecular weight excluding hydrogens is 356 g/mol. The highest BCUT2D eigenvalue weighted by atomic mass is 16.2. The van der Waals surface area contributed by atoms with Gasteiger partial charge in [0.2, 0.25) is 0 Å². The number of nitrogens with one attached hydrogen (secondary N) is 1. The van der Waals surface area contributed by atoms with Crippen LogP contribution in [0.25, 0.3) is 6.08 Å². The Labute approximate surface area is 173 Å². The summed E-state index contributed by atoms with van der Waals surface area (Å²) in [7, 11) is 0. The molecule has 0 saturated carbocycles.